The molecule has 120 valence electrons. The Morgan fingerprint density at radius 1 is 1.64 bits per heavy atom. The van der Waals surface area contributed by atoms with E-state index >= 15 is 0 Å². The molecule has 2 rings (SSSR count). The summed E-state index contributed by atoms with van der Waals surface area (Å²) in [5, 5.41) is 22.3. The minimum Gasteiger partial charge on any atom is -0.487 e. The summed E-state index contributed by atoms with van der Waals surface area (Å²) in [4.78, 5) is 21.3. The molecule has 1 aromatic rings. The quantitative estimate of drug-likeness (QED) is 0.431. The molecular weight excluding hydrogens is 292 g/mol. The number of rotatable bonds is 8. The van der Waals surface area contributed by atoms with Gasteiger partial charge in [-0.1, -0.05) is 13.0 Å². The van der Waals surface area contributed by atoms with Crippen molar-refractivity contribution >= 4 is 11.8 Å². The van der Waals surface area contributed by atoms with Crippen molar-refractivity contribution in [3.8, 4) is 5.75 Å². The average molecular weight is 310 g/mol. The van der Waals surface area contributed by atoms with E-state index in [9.17, 15) is 14.9 Å². The predicted molar refractivity (Wildman–Crippen MR) is 77.3 cm³/mol. The van der Waals surface area contributed by atoms with Crippen LogP contribution >= 0.6 is 0 Å². The van der Waals surface area contributed by atoms with Gasteiger partial charge in [0.15, 0.2) is 5.75 Å². The van der Waals surface area contributed by atoms with Gasteiger partial charge in [0.25, 0.3) is 0 Å². The van der Waals surface area contributed by atoms with Crippen molar-refractivity contribution < 1.29 is 24.3 Å². The standard InChI is InChI=1S/C14H18N2O6/c1-2-5-21-12-7-9(3-4-11(12)16(19)20)6-10(13-8-22-13)15-14(17)18/h3-4,7,10,13,15H,2,5-6,8H2,1H3,(H,17,18)/t10-,13+/m0/s1. The molecule has 0 bridgehead atoms. The molecule has 0 aliphatic carbocycles. The zero-order chi connectivity index (χ0) is 16.1. The molecule has 2 atom stereocenters. The maximum Gasteiger partial charge on any atom is 0.404 e. The van der Waals surface area contributed by atoms with Crippen molar-refractivity contribution in [2.75, 3.05) is 13.2 Å². The summed E-state index contributed by atoms with van der Waals surface area (Å²) in [6.07, 6.45) is -0.144. The molecule has 1 aromatic carbocycles. The summed E-state index contributed by atoms with van der Waals surface area (Å²) in [6.45, 7) is 2.80. The molecule has 1 saturated heterocycles. The zero-order valence-electron chi connectivity index (χ0n) is 12.2. The van der Waals surface area contributed by atoms with Crippen LogP contribution in [0.4, 0.5) is 10.5 Å². The lowest BCUT2D eigenvalue weighted by atomic mass is 10.0. The molecule has 1 aliphatic rings. The molecule has 8 nitrogen and oxygen atoms in total. The minimum atomic E-state index is -1.12. The normalized spacial score (nSPS) is 17.6. The lowest BCUT2D eigenvalue weighted by Gasteiger charge is -2.15. The number of amides is 1. The first-order valence-electron chi connectivity index (χ1n) is 7.02. The third kappa shape index (κ3) is 4.32. The number of benzene rings is 1. The summed E-state index contributed by atoms with van der Waals surface area (Å²) in [6, 6.07) is 4.20. The van der Waals surface area contributed by atoms with E-state index in [1.54, 1.807) is 12.1 Å². The Morgan fingerprint density at radius 2 is 2.36 bits per heavy atom. The molecule has 0 aromatic heterocycles. The molecule has 0 spiro atoms. The van der Waals surface area contributed by atoms with Crippen LogP contribution in [0.1, 0.15) is 18.9 Å². The number of carbonyl (C=O) groups is 1. The lowest BCUT2D eigenvalue weighted by Crippen LogP contribution is -2.39. The number of nitro groups is 1. The van der Waals surface area contributed by atoms with Crippen molar-refractivity contribution in [3.05, 3.63) is 33.9 Å². The third-order valence-corrected chi connectivity index (χ3v) is 3.25. The molecule has 1 amide bonds. The van der Waals surface area contributed by atoms with Crippen molar-refractivity contribution in [3.63, 3.8) is 0 Å². The van der Waals surface area contributed by atoms with Gasteiger partial charge in [-0.2, -0.15) is 0 Å². The highest BCUT2D eigenvalue weighted by atomic mass is 16.6. The molecule has 2 N–H and O–H groups in total. The van der Waals surface area contributed by atoms with E-state index in [1.807, 2.05) is 6.92 Å². The monoisotopic (exact) mass is 310 g/mol. The highest BCUT2D eigenvalue weighted by Crippen LogP contribution is 2.29. The Hall–Kier alpha value is -2.35. The lowest BCUT2D eigenvalue weighted by molar-refractivity contribution is -0.385. The summed E-state index contributed by atoms with van der Waals surface area (Å²) >= 11 is 0. The van der Waals surface area contributed by atoms with E-state index in [4.69, 9.17) is 14.6 Å². The van der Waals surface area contributed by atoms with Gasteiger partial charge in [-0.05, 0) is 24.5 Å². The van der Waals surface area contributed by atoms with E-state index in [1.165, 1.54) is 6.07 Å². The van der Waals surface area contributed by atoms with Gasteiger partial charge >= 0.3 is 11.8 Å². The van der Waals surface area contributed by atoms with Crippen LogP contribution in [0, 0.1) is 10.1 Å². The highest BCUT2D eigenvalue weighted by molar-refractivity contribution is 5.65. The van der Waals surface area contributed by atoms with Crippen molar-refractivity contribution in [2.24, 2.45) is 0 Å². The van der Waals surface area contributed by atoms with Gasteiger partial charge in [0.1, 0.15) is 6.10 Å². The van der Waals surface area contributed by atoms with Gasteiger partial charge in [0.05, 0.1) is 24.2 Å². The van der Waals surface area contributed by atoms with Crippen LogP contribution in [0.5, 0.6) is 5.75 Å². The number of hydrogen-bond acceptors (Lipinski definition) is 5. The van der Waals surface area contributed by atoms with Crippen molar-refractivity contribution in [2.45, 2.75) is 31.9 Å². The van der Waals surface area contributed by atoms with Crippen molar-refractivity contribution in [1.29, 1.82) is 0 Å². The Bertz CT molecular complexity index is 558. The Balaban J connectivity index is 2.15. The van der Waals surface area contributed by atoms with Crippen LogP contribution in [0.3, 0.4) is 0 Å². The summed E-state index contributed by atoms with van der Waals surface area (Å²) in [5.41, 5.74) is 0.661. The number of ether oxygens (including phenoxy) is 2. The van der Waals surface area contributed by atoms with E-state index in [2.05, 4.69) is 5.32 Å². The van der Waals surface area contributed by atoms with Crippen LogP contribution in [0.25, 0.3) is 0 Å². The fourth-order valence-electron chi connectivity index (χ4n) is 2.14. The molecule has 0 saturated carbocycles. The predicted octanol–water partition coefficient (Wildman–Crippen LogP) is 1.96. The fourth-order valence-corrected chi connectivity index (χ4v) is 2.14. The molecule has 22 heavy (non-hydrogen) atoms. The Labute approximate surface area is 127 Å². The molecule has 1 heterocycles. The summed E-state index contributed by atoms with van der Waals surface area (Å²) in [5.74, 6) is 0.204. The van der Waals surface area contributed by atoms with E-state index in [0.717, 1.165) is 12.0 Å². The second kappa shape index (κ2) is 7.08. The number of carboxylic acid groups (broad SMARTS) is 1. The number of nitrogens with one attached hydrogen (secondary N) is 1. The number of epoxide rings is 1. The van der Waals surface area contributed by atoms with Gasteiger partial charge in [-0.3, -0.25) is 10.1 Å². The van der Waals surface area contributed by atoms with Gasteiger partial charge in [0.2, 0.25) is 0 Å². The van der Waals surface area contributed by atoms with Crippen molar-refractivity contribution in [1.82, 2.24) is 5.32 Å². The maximum absolute atomic E-state index is 11.0. The molecule has 1 fully saturated rings. The molecule has 8 heteroatoms. The number of nitrogens with zero attached hydrogens (tertiary/aromatic N) is 1. The highest BCUT2D eigenvalue weighted by Gasteiger charge is 2.34. The van der Waals surface area contributed by atoms with Crippen LogP contribution in [-0.2, 0) is 11.2 Å². The number of nitro benzene ring substituents is 1. The largest absolute Gasteiger partial charge is 0.487 e. The molecule has 0 radical (unpaired) electrons. The number of hydrogen-bond donors (Lipinski definition) is 2. The summed E-state index contributed by atoms with van der Waals surface area (Å²) in [7, 11) is 0. The van der Waals surface area contributed by atoms with Gasteiger partial charge in [-0.25, -0.2) is 4.79 Å². The molecule has 0 unspecified atom stereocenters. The average Bonchev–Trinajstić information content (AvgIpc) is 3.28. The first kappa shape index (κ1) is 16.0. The maximum atomic E-state index is 11.0. The van der Waals surface area contributed by atoms with Crippen LogP contribution in [0.2, 0.25) is 0 Å². The second-order valence-electron chi connectivity index (χ2n) is 5.04. The fraction of sp³-hybridized carbons (Fsp3) is 0.500. The SMILES string of the molecule is CCCOc1cc(C[C@H](NC(=O)O)[C@H]2CO2)ccc1[N+](=O)[O-]. The second-order valence-corrected chi connectivity index (χ2v) is 5.04. The van der Waals surface area contributed by atoms with E-state index < -0.39 is 11.0 Å². The first-order valence-corrected chi connectivity index (χ1v) is 7.02. The van der Waals surface area contributed by atoms with Gasteiger partial charge in [0, 0.05) is 6.07 Å². The van der Waals surface area contributed by atoms with Crippen LogP contribution in [0.15, 0.2) is 18.2 Å². The zero-order valence-corrected chi connectivity index (χ0v) is 12.2. The third-order valence-electron chi connectivity index (χ3n) is 3.25. The summed E-state index contributed by atoms with van der Waals surface area (Å²) < 4.78 is 10.6. The molecular formula is C14H18N2O6. The van der Waals surface area contributed by atoms with Gasteiger partial charge in [-0.15, -0.1) is 0 Å². The van der Waals surface area contributed by atoms with Crippen LogP contribution in [-0.4, -0.2) is 41.5 Å². The smallest absolute Gasteiger partial charge is 0.404 e. The van der Waals surface area contributed by atoms with E-state index in [-0.39, 0.29) is 23.6 Å². The van der Waals surface area contributed by atoms with E-state index in [0.29, 0.717) is 19.6 Å². The van der Waals surface area contributed by atoms with Crippen LogP contribution < -0.4 is 10.1 Å². The topological polar surface area (TPSA) is 114 Å². The molecule has 1 aliphatic heterocycles. The first-order chi connectivity index (χ1) is 10.5. The minimum absolute atomic E-state index is 0.0948. The van der Waals surface area contributed by atoms with Gasteiger partial charge < -0.3 is 19.9 Å². The Morgan fingerprint density at radius 3 is 2.91 bits per heavy atom. The Kier molecular flexibility index (Phi) is 5.16.